The summed E-state index contributed by atoms with van der Waals surface area (Å²) in [6.45, 7) is -0.286. The summed E-state index contributed by atoms with van der Waals surface area (Å²) in [4.78, 5) is 28.3. The second-order valence-corrected chi connectivity index (χ2v) is 9.28. The Bertz CT molecular complexity index is 1260. The van der Waals surface area contributed by atoms with Crippen LogP contribution in [-0.2, 0) is 19.6 Å². The third-order valence-corrected chi connectivity index (χ3v) is 5.57. The lowest BCUT2D eigenvalue weighted by atomic mass is 10.1. The summed E-state index contributed by atoms with van der Waals surface area (Å²) in [7, 11) is -0.677. The number of methoxy groups -OCH3 is 2. The molecule has 0 fully saturated rings. The molecule has 2 N–H and O–H groups in total. The molecule has 0 saturated heterocycles. The summed E-state index contributed by atoms with van der Waals surface area (Å²) in [6.07, 6.45) is 1.08. The maximum Gasteiger partial charge on any atom is 0.343 e. The minimum Gasteiger partial charge on any atom is -0.493 e. The zero-order valence-corrected chi connectivity index (χ0v) is 19.6. The van der Waals surface area contributed by atoms with Gasteiger partial charge in [0.1, 0.15) is 0 Å². The van der Waals surface area contributed by atoms with Crippen molar-refractivity contribution in [2.24, 2.45) is 0 Å². The highest BCUT2D eigenvalue weighted by Gasteiger charge is 2.15. The van der Waals surface area contributed by atoms with Crippen LogP contribution in [0.25, 0.3) is 11.3 Å². The monoisotopic (exact) mass is 491 g/mol. The molecule has 2 aromatic carbocycles. The number of hydrogen-bond donors (Lipinski definition) is 2. The lowest BCUT2D eigenvalue weighted by molar-refractivity contribution is -0.142. The minimum atomic E-state index is -3.36. The van der Waals surface area contributed by atoms with E-state index in [1.807, 2.05) is 0 Å². The largest absolute Gasteiger partial charge is 0.493 e. The summed E-state index contributed by atoms with van der Waals surface area (Å²) in [5.41, 5.74) is 2.15. The van der Waals surface area contributed by atoms with Gasteiger partial charge in [-0.1, -0.05) is 12.1 Å². The second kappa shape index (κ2) is 10.3. The van der Waals surface area contributed by atoms with Gasteiger partial charge in [-0.2, -0.15) is 0 Å². The van der Waals surface area contributed by atoms with E-state index in [-0.39, 0.29) is 12.4 Å². The molecule has 1 aromatic heterocycles. The molecule has 12 heteroatoms. The number of nitrogens with zero attached hydrogens (tertiary/aromatic N) is 1. The molecule has 0 atom stereocenters. The Morgan fingerprint density at radius 1 is 1.06 bits per heavy atom. The molecule has 174 valence electrons. The van der Waals surface area contributed by atoms with Crippen LogP contribution in [-0.4, -0.2) is 52.4 Å². The number of carbonyl (C=O) groups excluding carboxylic acids is 2. The van der Waals surface area contributed by atoms with Gasteiger partial charge in [-0.3, -0.25) is 14.8 Å². The standard InChI is InChI=1S/C21H21N3O7S2/c1-29-18-10-14(6-9-17(18)31-11-19(25)30-2)20(26)23-21-22-16(12-32-21)13-4-7-15(8-5-13)24-33(3,27)28/h4-10,12,24H,11H2,1-3H3,(H,22,23,26). The molecule has 0 aliphatic heterocycles. The molecule has 0 aliphatic carbocycles. The van der Waals surface area contributed by atoms with Crippen molar-refractivity contribution in [1.82, 2.24) is 4.98 Å². The maximum absolute atomic E-state index is 12.6. The van der Waals surface area contributed by atoms with E-state index in [4.69, 9.17) is 9.47 Å². The van der Waals surface area contributed by atoms with Crippen molar-refractivity contribution >= 4 is 44.1 Å². The van der Waals surface area contributed by atoms with Crippen molar-refractivity contribution in [3.8, 4) is 22.8 Å². The number of ether oxygens (including phenoxy) is 3. The number of sulfonamides is 1. The first-order valence-corrected chi connectivity index (χ1v) is 12.2. The Balaban J connectivity index is 1.68. The summed E-state index contributed by atoms with van der Waals surface area (Å²) in [6, 6.07) is 11.3. The van der Waals surface area contributed by atoms with Crippen LogP contribution < -0.4 is 19.5 Å². The third kappa shape index (κ3) is 6.67. The number of amides is 1. The molecule has 0 aliphatic rings. The summed E-state index contributed by atoms with van der Waals surface area (Å²) in [5, 5.41) is 4.89. The topological polar surface area (TPSA) is 133 Å². The fraction of sp³-hybridized carbons (Fsp3) is 0.190. The Labute approximate surface area is 194 Å². The van der Waals surface area contributed by atoms with Crippen molar-refractivity contribution in [1.29, 1.82) is 0 Å². The normalized spacial score (nSPS) is 10.9. The predicted molar refractivity (Wildman–Crippen MR) is 124 cm³/mol. The molecule has 3 rings (SSSR count). The highest BCUT2D eigenvalue weighted by atomic mass is 32.2. The van der Waals surface area contributed by atoms with Gasteiger partial charge >= 0.3 is 5.97 Å². The number of nitrogens with one attached hydrogen (secondary N) is 2. The molecule has 1 heterocycles. The van der Waals surface area contributed by atoms with E-state index in [1.165, 1.54) is 43.8 Å². The van der Waals surface area contributed by atoms with Crippen molar-refractivity contribution in [2.45, 2.75) is 0 Å². The van der Waals surface area contributed by atoms with E-state index >= 15 is 0 Å². The van der Waals surface area contributed by atoms with Crippen molar-refractivity contribution in [2.75, 3.05) is 37.1 Å². The zero-order chi connectivity index (χ0) is 24.0. The van der Waals surface area contributed by atoms with Crippen LogP contribution in [0.2, 0.25) is 0 Å². The molecule has 10 nitrogen and oxygen atoms in total. The van der Waals surface area contributed by atoms with E-state index in [0.29, 0.717) is 27.8 Å². The predicted octanol–water partition coefficient (Wildman–Crippen LogP) is 2.99. The fourth-order valence-corrected chi connectivity index (χ4v) is 3.96. The fourth-order valence-electron chi connectivity index (χ4n) is 2.68. The number of anilines is 2. The summed E-state index contributed by atoms with van der Waals surface area (Å²) >= 11 is 1.25. The van der Waals surface area contributed by atoms with E-state index in [0.717, 1.165) is 11.8 Å². The first-order valence-electron chi connectivity index (χ1n) is 9.41. The Morgan fingerprint density at radius 3 is 2.42 bits per heavy atom. The molecule has 0 saturated carbocycles. The lowest BCUT2D eigenvalue weighted by Crippen LogP contribution is -2.14. The first kappa shape index (κ1) is 24.0. The van der Waals surface area contributed by atoms with Gasteiger partial charge in [0.25, 0.3) is 5.91 Å². The lowest BCUT2D eigenvalue weighted by Gasteiger charge is -2.11. The van der Waals surface area contributed by atoms with Crippen LogP contribution in [0.1, 0.15) is 10.4 Å². The smallest absolute Gasteiger partial charge is 0.343 e. The Hall–Kier alpha value is -3.64. The number of thiazole rings is 1. The molecule has 3 aromatic rings. The van der Waals surface area contributed by atoms with Crippen molar-refractivity contribution in [3.05, 3.63) is 53.4 Å². The van der Waals surface area contributed by atoms with Crippen LogP contribution in [0.5, 0.6) is 11.5 Å². The number of benzene rings is 2. The highest BCUT2D eigenvalue weighted by molar-refractivity contribution is 7.92. The van der Waals surface area contributed by atoms with Crippen molar-refractivity contribution < 1.29 is 32.2 Å². The van der Waals surface area contributed by atoms with Gasteiger partial charge in [-0.05, 0) is 30.3 Å². The second-order valence-electron chi connectivity index (χ2n) is 6.67. The number of hydrogen-bond acceptors (Lipinski definition) is 9. The number of esters is 1. The Kier molecular flexibility index (Phi) is 7.51. The van der Waals surface area contributed by atoms with Crippen LogP contribution in [0.15, 0.2) is 47.8 Å². The average molecular weight is 492 g/mol. The maximum atomic E-state index is 12.6. The molecule has 0 unspecified atom stereocenters. The van der Waals surface area contributed by atoms with Crippen LogP contribution in [0.3, 0.4) is 0 Å². The molecule has 0 bridgehead atoms. The average Bonchev–Trinajstić information content (AvgIpc) is 3.25. The van der Waals surface area contributed by atoms with Gasteiger partial charge in [0.15, 0.2) is 23.2 Å². The quantitative estimate of drug-likeness (QED) is 0.437. The van der Waals surface area contributed by atoms with Crippen LogP contribution >= 0.6 is 11.3 Å². The summed E-state index contributed by atoms with van der Waals surface area (Å²) < 4.78 is 40.1. The van der Waals surface area contributed by atoms with Gasteiger partial charge in [0.05, 0.1) is 26.2 Å². The van der Waals surface area contributed by atoms with Gasteiger partial charge in [0, 0.05) is 22.2 Å². The van der Waals surface area contributed by atoms with E-state index in [1.54, 1.807) is 29.6 Å². The van der Waals surface area contributed by atoms with E-state index in [9.17, 15) is 18.0 Å². The number of aromatic nitrogens is 1. The Morgan fingerprint density at radius 2 is 1.79 bits per heavy atom. The molecule has 0 radical (unpaired) electrons. The van der Waals surface area contributed by atoms with Gasteiger partial charge in [-0.15, -0.1) is 11.3 Å². The first-order chi connectivity index (χ1) is 15.7. The van der Waals surface area contributed by atoms with Crippen molar-refractivity contribution in [3.63, 3.8) is 0 Å². The molecule has 0 spiro atoms. The summed E-state index contributed by atoms with van der Waals surface area (Å²) in [5.74, 6) is -0.361. The molecular weight excluding hydrogens is 470 g/mol. The van der Waals surface area contributed by atoms with Gasteiger partial charge in [0.2, 0.25) is 10.0 Å². The third-order valence-electron chi connectivity index (χ3n) is 4.21. The molecular formula is C21H21N3O7S2. The van der Waals surface area contributed by atoms with Gasteiger partial charge in [-0.25, -0.2) is 18.2 Å². The number of rotatable bonds is 9. The van der Waals surface area contributed by atoms with E-state index < -0.39 is 21.9 Å². The number of carbonyl (C=O) groups is 2. The van der Waals surface area contributed by atoms with Gasteiger partial charge < -0.3 is 14.2 Å². The van der Waals surface area contributed by atoms with E-state index in [2.05, 4.69) is 19.8 Å². The molecule has 33 heavy (non-hydrogen) atoms. The SMILES string of the molecule is COC(=O)COc1ccc(C(=O)Nc2nc(-c3ccc(NS(C)(=O)=O)cc3)cs2)cc1OC. The zero-order valence-electron chi connectivity index (χ0n) is 17.9. The minimum absolute atomic E-state index is 0.286. The highest BCUT2D eigenvalue weighted by Crippen LogP contribution is 2.30. The van der Waals surface area contributed by atoms with Crippen LogP contribution in [0.4, 0.5) is 10.8 Å². The molecule has 1 amide bonds. The van der Waals surface area contributed by atoms with Crippen LogP contribution in [0, 0.1) is 0 Å².